The number of ether oxygens (including phenoxy) is 1. The fourth-order valence-corrected chi connectivity index (χ4v) is 2.04. The van der Waals surface area contributed by atoms with Crippen LogP contribution in [0.2, 0.25) is 0 Å². The lowest BCUT2D eigenvalue weighted by atomic mass is 10.1. The van der Waals surface area contributed by atoms with E-state index in [0.717, 1.165) is 0 Å². The molecule has 0 amide bonds. The molecule has 0 radical (unpaired) electrons. The topological polar surface area (TPSA) is 64.3 Å². The number of rotatable bonds is 5. The first-order valence-electron chi connectivity index (χ1n) is 6.57. The van der Waals surface area contributed by atoms with Gasteiger partial charge in [0.2, 0.25) is 0 Å². The highest BCUT2D eigenvalue weighted by atomic mass is 19.1. The van der Waals surface area contributed by atoms with E-state index in [2.05, 4.69) is 10.1 Å². The van der Waals surface area contributed by atoms with Gasteiger partial charge >= 0.3 is 5.97 Å². The first-order valence-corrected chi connectivity index (χ1v) is 6.57. The molecule has 5 heteroatoms. The summed E-state index contributed by atoms with van der Waals surface area (Å²) < 4.78 is 18.2. The van der Waals surface area contributed by atoms with Gasteiger partial charge < -0.3 is 15.8 Å². The molecular formula is C16H17FN2O2. The van der Waals surface area contributed by atoms with Crippen LogP contribution in [0.4, 0.5) is 15.8 Å². The third-order valence-electron chi connectivity index (χ3n) is 3.18. The molecule has 4 nitrogen and oxygen atoms in total. The van der Waals surface area contributed by atoms with Crippen molar-refractivity contribution in [3.8, 4) is 0 Å². The summed E-state index contributed by atoms with van der Waals surface area (Å²) in [5.74, 6) is -0.708. The first-order chi connectivity index (χ1) is 10.1. The van der Waals surface area contributed by atoms with Crippen LogP contribution < -0.4 is 11.1 Å². The molecule has 21 heavy (non-hydrogen) atoms. The van der Waals surface area contributed by atoms with Crippen LogP contribution in [0.5, 0.6) is 0 Å². The number of nitrogen functional groups attached to an aromatic ring is 1. The van der Waals surface area contributed by atoms with Gasteiger partial charge in [0.05, 0.1) is 24.0 Å². The molecule has 0 aliphatic heterocycles. The van der Waals surface area contributed by atoms with Crippen molar-refractivity contribution in [3.63, 3.8) is 0 Å². The summed E-state index contributed by atoms with van der Waals surface area (Å²) >= 11 is 0. The minimum absolute atomic E-state index is 0.226. The van der Waals surface area contributed by atoms with Crippen LogP contribution >= 0.6 is 0 Å². The van der Waals surface area contributed by atoms with E-state index in [9.17, 15) is 9.18 Å². The van der Waals surface area contributed by atoms with E-state index in [0.29, 0.717) is 35.5 Å². The van der Waals surface area contributed by atoms with Crippen molar-refractivity contribution in [2.24, 2.45) is 0 Å². The normalized spacial score (nSPS) is 10.2. The second-order valence-corrected chi connectivity index (χ2v) is 4.53. The maximum absolute atomic E-state index is 13.5. The average molecular weight is 288 g/mol. The summed E-state index contributed by atoms with van der Waals surface area (Å²) in [6.07, 6.45) is 0.522. The highest BCUT2D eigenvalue weighted by molar-refractivity contribution is 5.98. The molecule has 2 rings (SSSR count). The Morgan fingerprint density at radius 3 is 2.71 bits per heavy atom. The molecule has 0 bridgehead atoms. The van der Waals surface area contributed by atoms with E-state index in [1.54, 1.807) is 36.4 Å². The van der Waals surface area contributed by atoms with Gasteiger partial charge in [-0.2, -0.15) is 0 Å². The van der Waals surface area contributed by atoms with Crippen LogP contribution in [0.25, 0.3) is 0 Å². The van der Waals surface area contributed by atoms with Crippen molar-refractivity contribution in [3.05, 3.63) is 59.4 Å². The molecule has 0 unspecified atom stereocenters. The van der Waals surface area contributed by atoms with Crippen LogP contribution in [0.3, 0.4) is 0 Å². The number of anilines is 2. The molecule has 0 aliphatic rings. The largest absolute Gasteiger partial charge is 0.465 e. The van der Waals surface area contributed by atoms with Gasteiger partial charge in [0.25, 0.3) is 0 Å². The summed E-state index contributed by atoms with van der Waals surface area (Å²) in [6.45, 7) is 0.510. The summed E-state index contributed by atoms with van der Waals surface area (Å²) in [5.41, 5.74) is 7.84. The Bertz CT molecular complexity index is 644. The summed E-state index contributed by atoms with van der Waals surface area (Å²) in [6, 6.07) is 11.7. The van der Waals surface area contributed by atoms with Gasteiger partial charge in [0.1, 0.15) is 5.82 Å². The maximum atomic E-state index is 13.5. The van der Waals surface area contributed by atoms with Crippen LogP contribution in [-0.2, 0) is 11.2 Å². The van der Waals surface area contributed by atoms with E-state index in [1.165, 1.54) is 13.2 Å². The fourth-order valence-electron chi connectivity index (χ4n) is 2.04. The fraction of sp³-hybridized carbons (Fsp3) is 0.188. The molecule has 0 aromatic heterocycles. The summed E-state index contributed by atoms with van der Waals surface area (Å²) in [5, 5.41) is 3.11. The SMILES string of the molecule is COC(=O)c1cccc(NCCc2ccccc2F)c1N. The number of carbonyl (C=O) groups is 1. The molecule has 110 valence electrons. The van der Waals surface area contributed by atoms with Gasteiger partial charge in [-0.3, -0.25) is 0 Å². The number of methoxy groups -OCH3 is 1. The lowest BCUT2D eigenvalue weighted by molar-refractivity contribution is 0.0602. The van der Waals surface area contributed by atoms with Crippen molar-refractivity contribution in [1.29, 1.82) is 0 Å². The van der Waals surface area contributed by atoms with Gasteiger partial charge in [-0.25, -0.2) is 9.18 Å². The van der Waals surface area contributed by atoms with Crippen LogP contribution in [0.15, 0.2) is 42.5 Å². The van der Waals surface area contributed by atoms with E-state index in [-0.39, 0.29) is 5.82 Å². The molecule has 0 saturated carbocycles. The monoisotopic (exact) mass is 288 g/mol. The quantitative estimate of drug-likeness (QED) is 0.656. The second-order valence-electron chi connectivity index (χ2n) is 4.53. The van der Waals surface area contributed by atoms with Gasteiger partial charge in [0, 0.05) is 6.54 Å². The van der Waals surface area contributed by atoms with Crippen molar-refractivity contribution in [2.45, 2.75) is 6.42 Å². The number of hydrogen-bond acceptors (Lipinski definition) is 4. The Labute approximate surface area is 122 Å². The van der Waals surface area contributed by atoms with Gasteiger partial charge in [-0.1, -0.05) is 24.3 Å². The first kappa shape index (κ1) is 14.8. The van der Waals surface area contributed by atoms with Crippen LogP contribution in [-0.4, -0.2) is 19.6 Å². The minimum Gasteiger partial charge on any atom is -0.465 e. The zero-order chi connectivity index (χ0) is 15.2. The van der Waals surface area contributed by atoms with Crippen molar-refractivity contribution in [2.75, 3.05) is 24.7 Å². The molecule has 0 saturated heterocycles. The molecule has 3 N–H and O–H groups in total. The molecule has 0 heterocycles. The van der Waals surface area contributed by atoms with E-state index in [1.807, 2.05) is 0 Å². The predicted octanol–water partition coefficient (Wildman–Crippen LogP) is 2.85. The Kier molecular flexibility index (Phi) is 4.77. The lowest BCUT2D eigenvalue weighted by Crippen LogP contribution is -2.11. The number of para-hydroxylation sites is 1. The summed E-state index contributed by atoms with van der Waals surface area (Å²) in [4.78, 5) is 11.5. The second kappa shape index (κ2) is 6.74. The number of hydrogen-bond donors (Lipinski definition) is 2. The molecule has 0 fully saturated rings. The number of halogens is 1. The molecule has 2 aromatic carbocycles. The number of nitrogens with two attached hydrogens (primary N) is 1. The molecule has 0 spiro atoms. The van der Waals surface area contributed by atoms with Crippen LogP contribution in [0.1, 0.15) is 15.9 Å². The standard InChI is InChI=1S/C16H17FN2O2/c1-21-16(20)12-6-4-8-14(15(12)18)19-10-9-11-5-2-3-7-13(11)17/h2-8,19H,9-10,18H2,1H3. The van der Waals surface area contributed by atoms with E-state index < -0.39 is 5.97 Å². The zero-order valence-corrected chi connectivity index (χ0v) is 11.7. The van der Waals surface area contributed by atoms with Crippen LogP contribution in [0, 0.1) is 5.82 Å². The third kappa shape index (κ3) is 3.51. The molecule has 2 aromatic rings. The smallest absolute Gasteiger partial charge is 0.340 e. The lowest BCUT2D eigenvalue weighted by Gasteiger charge is -2.12. The molecule has 0 aliphatic carbocycles. The molecule has 0 atom stereocenters. The zero-order valence-electron chi connectivity index (χ0n) is 11.7. The van der Waals surface area contributed by atoms with Gasteiger partial charge in [-0.05, 0) is 30.2 Å². The van der Waals surface area contributed by atoms with Crippen molar-refractivity contribution < 1.29 is 13.9 Å². The van der Waals surface area contributed by atoms with Gasteiger partial charge in [-0.15, -0.1) is 0 Å². The highest BCUT2D eigenvalue weighted by Crippen LogP contribution is 2.23. The Morgan fingerprint density at radius 2 is 2.00 bits per heavy atom. The van der Waals surface area contributed by atoms with Crippen molar-refractivity contribution in [1.82, 2.24) is 0 Å². The average Bonchev–Trinajstić information content (AvgIpc) is 2.50. The third-order valence-corrected chi connectivity index (χ3v) is 3.18. The molecular weight excluding hydrogens is 271 g/mol. The number of nitrogens with one attached hydrogen (secondary N) is 1. The highest BCUT2D eigenvalue weighted by Gasteiger charge is 2.12. The Balaban J connectivity index is 2.04. The Hall–Kier alpha value is -2.56. The summed E-state index contributed by atoms with van der Waals surface area (Å²) in [7, 11) is 1.31. The number of benzene rings is 2. The maximum Gasteiger partial charge on any atom is 0.340 e. The number of esters is 1. The van der Waals surface area contributed by atoms with Gasteiger partial charge in [0.15, 0.2) is 0 Å². The van der Waals surface area contributed by atoms with E-state index >= 15 is 0 Å². The predicted molar refractivity (Wildman–Crippen MR) is 80.8 cm³/mol. The number of carbonyl (C=O) groups excluding carboxylic acids is 1. The Morgan fingerprint density at radius 1 is 1.24 bits per heavy atom. The van der Waals surface area contributed by atoms with Crippen molar-refractivity contribution >= 4 is 17.3 Å². The van der Waals surface area contributed by atoms with E-state index in [4.69, 9.17) is 5.73 Å². The minimum atomic E-state index is -0.481.